The topological polar surface area (TPSA) is 135 Å². The average molecular weight is 1090 g/mol. The van der Waals surface area contributed by atoms with Crippen LogP contribution >= 0.6 is 24.0 Å². The number of hydrogen-bond donors (Lipinski definition) is 2. The van der Waals surface area contributed by atoms with Crippen molar-refractivity contribution >= 4 is 74.6 Å². The Hall–Kier alpha value is -6.28. The lowest BCUT2D eigenvalue weighted by Gasteiger charge is -2.35. The summed E-state index contributed by atoms with van der Waals surface area (Å²) >= 11 is 7.47. The van der Waals surface area contributed by atoms with Gasteiger partial charge in [0.05, 0.1) is 28.9 Å². The van der Waals surface area contributed by atoms with Gasteiger partial charge in [-0.25, -0.2) is 0 Å². The Bertz CT molecular complexity index is 2920. The Morgan fingerprint density at radius 1 is 0.896 bits per heavy atom. The van der Waals surface area contributed by atoms with Crippen molar-refractivity contribution in [3.63, 3.8) is 0 Å². The molecule has 0 bridgehead atoms. The number of allylic oxidation sites excluding steroid dienone is 2. The third-order valence-corrected chi connectivity index (χ3v) is 16.5. The van der Waals surface area contributed by atoms with Crippen molar-refractivity contribution in [2.45, 2.75) is 137 Å². The van der Waals surface area contributed by atoms with Crippen LogP contribution in [0.2, 0.25) is 0 Å². The molecule has 0 spiro atoms. The van der Waals surface area contributed by atoms with E-state index in [1.807, 2.05) is 76.2 Å². The summed E-state index contributed by atoms with van der Waals surface area (Å²) in [7, 11) is 0. The highest BCUT2D eigenvalue weighted by molar-refractivity contribution is 8.11. The molecule has 7 rings (SSSR count). The number of carbonyl (C=O) groups excluding carboxylic acids is 4. The smallest absolute Gasteiger partial charge is 0.385 e. The molecule has 2 saturated heterocycles. The van der Waals surface area contributed by atoms with E-state index in [1.54, 1.807) is 41.5 Å². The summed E-state index contributed by atoms with van der Waals surface area (Å²) in [5.74, 6) is -0.991. The molecule has 0 aromatic heterocycles. The Kier molecular flexibility index (Phi) is 19.0. The molecule has 0 saturated carbocycles. The van der Waals surface area contributed by atoms with Crippen molar-refractivity contribution in [2.24, 2.45) is 11.3 Å². The van der Waals surface area contributed by atoms with E-state index >= 15 is 0 Å². The minimum absolute atomic E-state index is 0.000877. The Morgan fingerprint density at radius 3 is 2.19 bits per heavy atom. The van der Waals surface area contributed by atoms with Crippen molar-refractivity contribution in [1.29, 1.82) is 5.26 Å². The van der Waals surface area contributed by atoms with Crippen LogP contribution in [0.15, 0.2) is 108 Å². The van der Waals surface area contributed by atoms with Gasteiger partial charge < -0.3 is 25.2 Å². The number of halogens is 3. The zero-order valence-corrected chi connectivity index (χ0v) is 47.1. The van der Waals surface area contributed by atoms with Gasteiger partial charge in [-0.3, -0.25) is 24.1 Å². The number of nitrogens with zero attached hydrogens (tertiary/aromatic N) is 4. The number of amides is 3. The van der Waals surface area contributed by atoms with Crippen LogP contribution in [-0.4, -0.2) is 71.4 Å². The van der Waals surface area contributed by atoms with Gasteiger partial charge in [-0.15, -0.1) is 0 Å². The second-order valence-electron chi connectivity index (χ2n) is 22.1. The van der Waals surface area contributed by atoms with Crippen molar-refractivity contribution in [2.75, 3.05) is 41.4 Å². The van der Waals surface area contributed by atoms with Crippen molar-refractivity contribution in [3.8, 4) is 17.2 Å². The number of nitriles is 1. The van der Waals surface area contributed by atoms with E-state index in [0.717, 1.165) is 71.5 Å². The minimum Gasteiger partial charge on any atom is -0.385 e. The van der Waals surface area contributed by atoms with Crippen LogP contribution in [0.5, 0.6) is 0 Å². The first-order valence-electron chi connectivity index (χ1n) is 26.6. The molecule has 3 atom stereocenters. The summed E-state index contributed by atoms with van der Waals surface area (Å²) in [6, 6.07) is 27.8. The molecule has 3 aliphatic rings. The number of likely N-dealkylation sites (tertiary alicyclic amines) is 1. The molecule has 0 unspecified atom stereocenters. The normalized spacial score (nSPS) is 17.7. The summed E-state index contributed by atoms with van der Waals surface area (Å²) in [5, 5.41) is 18.1. The van der Waals surface area contributed by atoms with Crippen LogP contribution in [0.3, 0.4) is 0 Å². The number of Topliss-reactive ketones (excluding diaryl/α,β-unsaturated/α-hetero) is 1. The standard InChI is InChI=1S/C61H71F3N6O5S2/c1-39-16-17-40(2)54(77-38-39)45-20-18-42(19-21-45)41(3)67-55(72)53-15-12-33-68(53)56(73)51(59(4,5)6)14-11-13-50(71)37-75-34-10-9-32-66-47-27-22-43(23-28-47)44-24-29-48(30-25-44)70-58(76)69(57(74)60(70,7)8)49-31-26-46(36-65)52(35-49)61(62,63)64/h18-31,35,38,41,51,53,66H,9-17,32-34,37H2,1-8H3,(H,67,72)/t41-,51+,53-/m0/s1. The van der Waals surface area contributed by atoms with E-state index in [1.165, 1.54) is 27.7 Å². The number of thiocarbonyl (C=S) groups is 1. The minimum atomic E-state index is -4.79. The number of benzene rings is 4. The van der Waals surface area contributed by atoms with Crippen LogP contribution in [-0.2, 0) is 30.1 Å². The van der Waals surface area contributed by atoms with Crippen molar-refractivity contribution < 1.29 is 37.1 Å². The second kappa shape index (κ2) is 25.0. The molecule has 2 N–H and O–H groups in total. The van der Waals surface area contributed by atoms with Crippen molar-refractivity contribution in [1.82, 2.24) is 10.2 Å². The molecule has 0 radical (unpaired) electrons. The molecule has 4 aromatic carbocycles. The van der Waals surface area contributed by atoms with Gasteiger partial charge in [-0.1, -0.05) is 92.2 Å². The average Bonchev–Trinajstić information content (AvgIpc) is 3.92. The molecular weight excluding hydrogens is 1020 g/mol. The van der Waals surface area contributed by atoms with Crippen LogP contribution in [0.4, 0.5) is 30.2 Å². The first-order valence-corrected chi connectivity index (χ1v) is 27.9. The molecule has 2 fully saturated rings. The zero-order valence-electron chi connectivity index (χ0n) is 45.4. The number of hydrogen-bond acceptors (Lipinski definition) is 9. The molecule has 408 valence electrons. The maximum atomic E-state index is 14.2. The number of alkyl halides is 3. The number of nitrogens with one attached hydrogen (secondary N) is 2. The SMILES string of the molecule is CC1=CSC(c2ccc([C@H](C)NC(=O)[C@@H]3CCCN3C(=O)[C@@H](CCCC(=O)COCCCCNc3ccc(-c4ccc(N5C(=S)N(c6ccc(C#N)c(C(F)(F)F)c6)C(=O)C5(C)C)cc4)cc3)C(C)(C)C)cc2)=C(C)CC1. The Labute approximate surface area is 461 Å². The number of rotatable bonds is 20. The highest BCUT2D eigenvalue weighted by atomic mass is 32.2. The van der Waals surface area contributed by atoms with E-state index in [2.05, 4.69) is 54.2 Å². The first-order chi connectivity index (χ1) is 36.5. The van der Waals surface area contributed by atoms with Crippen LogP contribution in [0.1, 0.15) is 141 Å². The fraction of sp³-hybridized carbons (Fsp3) is 0.443. The molecule has 77 heavy (non-hydrogen) atoms. The van der Waals surface area contributed by atoms with Gasteiger partial charge in [-0.2, -0.15) is 18.4 Å². The summed E-state index contributed by atoms with van der Waals surface area (Å²) in [6.07, 6.45) is 1.73. The van der Waals surface area contributed by atoms with E-state index < -0.39 is 34.8 Å². The molecule has 16 heteroatoms. The predicted octanol–water partition coefficient (Wildman–Crippen LogP) is 13.8. The summed E-state index contributed by atoms with van der Waals surface area (Å²) < 4.78 is 47.1. The molecule has 3 amide bonds. The number of thioether (sulfide) groups is 1. The van der Waals surface area contributed by atoms with E-state index in [9.17, 15) is 37.6 Å². The molecule has 11 nitrogen and oxygen atoms in total. The molecule has 3 heterocycles. The number of ether oxygens (including phenoxy) is 1. The van der Waals surface area contributed by atoms with Crippen LogP contribution in [0, 0.1) is 22.7 Å². The van der Waals surface area contributed by atoms with Gasteiger partial charge in [0.15, 0.2) is 10.9 Å². The lowest BCUT2D eigenvalue weighted by molar-refractivity contribution is -0.145. The van der Waals surface area contributed by atoms with Gasteiger partial charge in [0.1, 0.15) is 18.2 Å². The van der Waals surface area contributed by atoms with E-state index in [4.69, 9.17) is 17.0 Å². The summed E-state index contributed by atoms with van der Waals surface area (Å²) in [5.41, 5.74) is 5.06. The lowest BCUT2D eigenvalue weighted by Crippen LogP contribution is -2.50. The van der Waals surface area contributed by atoms with Gasteiger partial charge in [0.25, 0.3) is 5.91 Å². The van der Waals surface area contributed by atoms with Crippen molar-refractivity contribution in [3.05, 3.63) is 130 Å². The highest BCUT2D eigenvalue weighted by Crippen LogP contribution is 2.42. The highest BCUT2D eigenvalue weighted by Gasteiger charge is 2.51. The summed E-state index contributed by atoms with van der Waals surface area (Å²) in [6.45, 7) is 17.5. The molecule has 0 aliphatic carbocycles. The second-order valence-corrected chi connectivity index (χ2v) is 23.3. The fourth-order valence-electron chi connectivity index (χ4n) is 10.2. The maximum absolute atomic E-state index is 14.2. The predicted molar refractivity (Wildman–Crippen MR) is 306 cm³/mol. The third kappa shape index (κ3) is 14.1. The third-order valence-electron chi connectivity index (χ3n) is 14.8. The zero-order chi connectivity index (χ0) is 55.8. The largest absolute Gasteiger partial charge is 0.417 e. The van der Waals surface area contributed by atoms with Crippen LogP contribution in [0.25, 0.3) is 16.0 Å². The monoisotopic (exact) mass is 1090 g/mol. The van der Waals surface area contributed by atoms with Gasteiger partial charge in [0.2, 0.25) is 11.8 Å². The number of ketones is 1. The molecular formula is C61H71F3N6O5S2. The first kappa shape index (κ1) is 58.4. The maximum Gasteiger partial charge on any atom is 0.417 e. The Balaban J connectivity index is 0.806. The quantitative estimate of drug-likeness (QED) is 0.0650. The van der Waals surface area contributed by atoms with Gasteiger partial charge in [-0.05, 0) is 174 Å². The summed E-state index contributed by atoms with van der Waals surface area (Å²) in [4.78, 5) is 60.3. The number of carbonyl (C=O) groups is 4. The molecule has 4 aromatic rings. The van der Waals surface area contributed by atoms with Gasteiger partial charge >= 0.3 is 6.18 Å². The molecule has 3 aliphatic heterocycles. The number of anilines is 3. The fourth-order valence-corrected chi connectivity index (χ4v) is 11.8. The van der Waals surface area contributed by atoms with E-state index in [-0.39, 0.29) is 52.4 Å². The lowest BCUT2D eigenvalue weighted by atomic mass is 9.76. The van der Waals surface area contributed by atoms with E-state index in [0.29, 0.717) is 51.1 Å². The Morgan fingerprint density at radius 2 is 1.55 bits per heavy atom. The number of unbranched alkanes of at least 4 members (excludes halogenated alkanes) is 1. The van der Waals surface area contributed by atoms with Crippen LogP contribution < -0.4 is 20.4 Å². The van der Waals surface area contributed by atoms with Gasteiger partial charge in [0, 0.05) is 48.3 Å².